The van der Waals surface area contributed by atoms with Gasteiger partial charge >= 0.3 is 5.97 Å². The molecule has 0 bridgehead atoms. The highest BCUT2D eigenvalue weighted by Crippen LogP contribution is 2.17. The standard InChI is InChI=1S/C21H17NO2/c23-20(24-16-6-9-17-7-2-1-3-8-17)14-13-19-11-4-10-18-12-5-15-22-21(18)19/h1-15H,16H2/b9-6-,14-13-. The van der Waals surface area contributed by atoms with Gasteiger partial charge in [0.1, 0.15) is 6.61 Å². The fraction of sp³-hybridized carbons (Fsp3) is 0.0476. The van der Waals surface area contributed by atoms with Gasteiger partial charge in [-0.3, -0.25) is 4.98 Å². The molecule has 1 aromatic heterocycles. The molecule has 1 heterocycles. The predicted octanol–water partition coefficient (Wildman–Crippen LogP) is 4.50. The third-order valence-electron chi connectivity index (χ3n) is 3.49. The molecule has 118 valence electrons. The van der Waals surface area contributed by atoms with Crippen molar-refractivity contribution in [1.82, 2.24) is 4.98 Å². The second kappa shape index (κ2) is 7.88. The zero-order valence-electron chi connectivity index (χ0n) is 13.1. The first-order chi connectivity index (χ1) is 11.8. The van der Waals surface area contributed by atoms with Gasteiger partial charge in [-0.1, -0.05) is 60.7 Å². The topological polar surface area (TPSA) is 39.2 Å². The fourth-order valence-corrected chi connectivity index (χ4v) is 2.35. The maximum Gasteiger partial charge on any atom is 0.331 e. The average molecular weight is 315 g/mol. The molecule has 2 aromatic carbocycles. The maximum absolute atomic E-state index is 11.8. The van der Waals surface area contributed by atoms with Gasteiger partial charge in [-0.25, -0.2) is 4.79 Å². The smallest absolute Gasteiger partial charge is 0.331 e. The summed E-state index contributed by atoms with van der Waals surface area (Å²) in [4.78, 5) is 16.2. The Morgan fingerprint density at radius 1 is 0.958 bits per heavy atom. The highest BCUT2D eigenvalue weighted by molar-refractivity contribution is 5.92. The van der Waals surface area contributed by atoms with Gasteiger partial charge in [0.25, 0.3) is 0 Å². The molecular formula is C21H17NO2. The highest BCUT2D eigenvalue weighted by atomic mass is 16.5. The number of carbonyl (C=O) groups is 1. The Labute approximate surface area is 140 Å². The molecule has 24 heavy (non-hydrogen) atoms. The quantitative estimate of drug-likeness (QED) is 0.514. The number of hydrogen-bond donors (Lipinski definition) is 0. The number of nitrogens with zero attached hydrogens (tertiary/aromatic N) is 1. The van der Waals surface area contributed by atoms with Crippen molar-refractivity contribution < 1.29 is 9.53 Å². The summed E-state index contributed by atoms with van der Waals surface area (Å²) in [6.45, 7) is 0.242. The van der Waals surface area contributed by atoms with E-state index in [4.69, 9.17) is 4.74 Å². The molecule has 0 unspecified atom stereocenters. The van der Waals surface area contributed by atoms with Crippen LogP contribution in [0, 0.1) is 0 Å². The number of benzene rings is 2. The number of aromatic nitrogens is 1. The number of fused-ring (bicyclic) bond motifs is 1. The van der Waals surface area contributed by atoms with Gasteiger partial charge in [0.05, 0.1) is 5.52 Å². The zero-order valence-corrected chi connectivity index (χ0v) is 13.1. The van der Waals surface area contributed by atoms with Crippen LogP contribution in [0.3, 0.4) is 0 Å². The summed E-state index contributed by atoms with van der Waals surface area (Å²) in [6.07, 6.45) is 8.65. The molecule has 0 fully saturated rings. The number of rotatable bonds is 5. The van der Waals surface area contributed by atoms with Crippen molar-refractivity contribution in [2.24, 2.45) is 0 Å². The van der Waals surface area contributed by atoms with Gasteiger partial charge < -0.3 is 4.74 Å². The van der Waals surface area contributed by atoms with E-state index in [1.54, 1.807) is 12.3 Å². The molecule has 0 atom stereocenters. The molecule has 0 saturated carbocycles. The first-order valence-corrected chi connectivity index (χ1v) is 7.73. The molecule has 3 aromatic rings. The number of hydrogen-bond acceptors (Lipinski definition) is 3. The van der Waals surface area contributed by atoms with E-state index in [2.05, 4.69) is 4.98 Å². The molecule has 3 nitrogen and oxygen atoms in total. The van der Waals surface area contributed by atoms with E-state index in [9.17, 15) is 4.79 Å². The van der Waals surface area contributed by atoms with Gasteiger partial charge in [-0.15, -0.1) is 0 Å². The third-order valence-corrected chi connectivity index (χ3v) is 3.49. The summed E-state index contributed by atoms with van der Waals surface area (Å²) in [5.74, 6) is -0.374. The minimum Gasteiger partial charge on any atom is -0.458 e. The molecule has 0 radical (unpaired) electrons. The summed E-state index contributed by atoms with van der Waals surface area (Å²) >= 11 is 0. The molecule has 0 amide bonds. The summed E-state index contributed by atoms with van der Waals surface area (Å²) in [5, 5.41) is 1.04. The summed E-state index contributed by atoms with van der Waals surface area (Å²) < 4.78 is 5.16. The summed E-state index contributed by atoms with van der Waals surface area (Å²) in [6, 6.07) is 19.6. The lowest BCUT2D eigenvalue weighted by atomic mass is 10.1. The van der Waals surface area contributed by atoms with Gasteiger partial charge in [0.2, 0.25) is 0 Å². The Hall–Kier alpha value is -3.20. The van der Waals surface area contributed by atoms with Crippen LogP contribution in [0.15, 0.2) is 79.0 Å². The van der Waals surface area contributed by atoms with Crippen molar-refractivity contribution in [2.45, 2.75) is 0 Å². The molecular weight excluding hydrogens is 298 g/mol. The van der Waals surface area contributed by atoms with E-state index in [0.717, 1.165) is 22.0 Å². The van der Waals surface area contributed by atoms with Crippen LogP contribution in [0.4, 0.5) is 0 Å². The van der Waals surface area contributed by atoms with E-state index in [1.165, 1.54) is 6.08 Å². The summed E-state index contributed by atoms with van der Waals surface area (Å²) in [7, 11) is 0. The van der Waals surface area contributed by atoms with Crippen LogP contribution in [0.1, 0.15) is 11.1 Å². The van der Waals surface area contributed by atoms with Crippen LogP contribution < -0.4 is 0 Å². The number of esters is 1. The largest absolute Gasteiger partial charge is 0.458 e. The van der Waals surface area contributed by atoms with Crippen LogP contribution >= 0.6 is 0 Å². The molecule has 0 spiro atoms. The first kappa shape index (κ1) is 15.7. The van der Waals surface area contributed by atoms with Crippen LogP contribution in [0.5, 0.6) is 0 Å². The van der Waals surface area contributed by atoms with Gasteiger partial charge in [0, 0.05) is 23.2 Å². The molecule has 0 saturated heterocycles. The molecule has 0 N–H and O–H groups in total. The lowest BCUT2D eigenvalue weighted by Gasteiger charge is -2.01. The minimum atomic E-state index is -0.374. The normalized spacial score (nSPS) is 11.3. The first-order valence-electron chi connectivity index (χ1n) is 7.73. The van der Waals surface area contributed by atoms with Crippen LogP contribution in [0.2, 0.25) is 0 Å². The Balaban J connectivity index is 1.58. The second-order valence-corrected chi connectivity index (χ2v) is 5.20. The Morgan fingerprint density at radius 2 is 1.79 bits per heavy atom. The molecule has 3 rings (SSSR count). The number of ether oxygens (including phenoxy) is 1. The Morgan fingerprint density at radius 3 is 2.67 bits per heavy atom. The van der Waals surface area contributed by atoms with E-state index < -0.39 is 0 Å². The summed E-state index contributed by atoms with van der Waals surface area (Å²) in [5.41, 5.74) is 2.84. The fourth-order valence-electron chi connectivity index (χ4n) is 2.35. The van der Waals surface area contributed by atoms with E-state index in [-0.39, 0.29) is 12.6 Å². The molecule has 0 aliphatic rings. The SMILES string of the molecule is O=C(/C=C\c1cccc2cccnc12)OC/C=C\c1ccccc1. The molecule has 0 aliphatic heterocycles. The van der Waals surface area contributed by atoms with E-state index >= 15 is 0 Å². The average Bonchev–Trinajstić information content (AvgIpc) is 2.64. The van der Waals surface area contributed by atoms with Crippen molar-refractivity contribution in [2.75, 3.05) is 6.61 Å². The van der Waals surface area contributed by atoms with Crippen LogP contribution in [0.25, 0.3) is 23.1 Å². The lowest BCUT2D eigenvalue weighted by Crippen LogP contribution is -1.99. The van der Waals surface area contributed by atoms with Crippen LogP contribution in [-0.4, -0.2) is 17.6 Å². The molecule has 3 heteroatoms. The second-order valence-electron chi connectivity index (χ2n) is 5.20. The monoisotopic (exact) mass is 315 g/mol. The number of pyridine rings is 1. The lowest BCUT2D eigenvalue weighted by molar-refractivity contribution is -0.136. The highest BCUT2D eigenvalue weighted by Gasteiger charge is 2.00. The van der Waals surface area contributed by atoms with Crippen molar-refractivity contribution in [1.29, 1.82) is 0 Å². The van der Waals surface area contributed by atoms with Crippen LogP contribution in [-0.2, 0) is 9.53 Å². The Bertz CT molecular complexity index is 877. The van der Waals surface area contributed by atoms with E-state index in [1.807, 2.05) is 72.8 Å². The third kappa shape index (κ3) is 4.17. The Kier molecular flexibility index (Phi) is 5.15. The maximum atomic E-state index is 11.8. The van der Waals surface area contributed by atoms with Crippen molar-refractivity contribution in [3.63, 3.8) is 0 Å². The predicted molar refractivity (Wildman–Crippen MR) is 97.2 cm³/mol. The number of carbonyl (C=O) groups excluding carboxylic acids is 1. The minimum absolute atomic E-state index is 0.242. The van der Waals surface area contributed by atoms with Gasteiger partial charge in [0.15, 0.2) is 0 Å². The molecule has 0 aliphatic carbocycles. The zero-order chi connectivity index (χ0) is 16.6. The van der Waals surface area contributed by atoms with E-state index in [0.29, 0.717) is 0 Å². The van der Waals surface area contributed by atoms with Gasteiger partial charge in [-0.05, 0) is 23.8 Å². The van der Waals surface area contributed by atoms with Crippen molar-refractivity contribution >= 4 is 29.0 Å². The van der Waals surface area contributed by atoms with Crippen molar-refractivity contribution in [3.8, 4) is 0 Å². The van der Waals surface area contributed by atoms with Gasteiger partial charge in [-0.2, -0.15) is 0 Å². The number of para-hydroxylation sites is 1. The van der Waals surface area contributed by atoms with Crippen molar-refractivity contribution in [3.05, 3.63) is 90.1 Å².